The molecule has 2 aliphatic rings. The van der Waals surface area contributed by atoms with Gasteiger partial charge in [-0.1, -0.05) is 6.42 Å². The van der Waals surface area contributed by atoms with E-state index >= 15 is 0 Å². The molecule has 2 saturated carbocycles. The largest absolute Gasteiger partial charge is 0.274 e. The van der Waals surface area contributed by atoms with Gasteiger partial charge in [-0.3, -0.25) is 4.79 Å². The lowest BCUT2D eigenvalue weighted by Crippen LogP contribution is -2.23. The molecular formula is C11H18N2O. The van der Waals surface area contributed by atoms with Crippen molar-refractivity contribution in [2.45, 2.75) is 39.5 Å². The molecule has 0 unspecified atom stereocenters. The van der Waals surface area contributed by atoms with Crippen LogP contribution in [0.15, 0.2) is 5.10 Å². The number of hydrogen-bond donors (Lipinski definition) is 1. The SMILES string of the molecule is CC(=O)NN=C(C)[C@@H]1C[C@H]2CC[C@H]1C2. The first kappa shape index (κ1) is 9.69. The van der Waals surface area contributed by atoms with Crippen LogP contribution < -0.4 is 5.43 Å². The molecule has 0 radical (unpaired) electrons. The first-order valence-corrected chi connectivity index (χ1v) is 5.47. The van der Waals surface area contributed by atoms with Crippen molar-refractivity contribution >= 4 is 11.6 Å². The predicted molar refractivity (Wildman–Crippen MR) is 55.9 cm³/mol. The van der Waals surface area contributed by atoms with Gasteiger partial charge in [0.25, 0.3) is 0 Å². The number of nitrogens with zero attached hydrogens (tertiary/aromatic N) is 1. The summed E-state index contributed by atoms with van der Waals surface area (Å²) in [5.41, 5.74) is 3.65. The molecule has 3 atom stereocenters. The molecule has 0 saturated heterocycles. The van der Waals surface area contributed by atoms with Crippen LogP contribution in [0.1, 0.15) is 39.5 Å². The second-order valence-corrected chi connectivity index (χ2v) is 4.70. The van der Waals surface area contributed by atoms with Crippen LogP contribution in [-0.2, 0) is 4.79 Å². The van der Waals surface area contributed by atoms with Gasteiger partial charge in [0.15, 0.2) is 0 Å². The highest BCUT2D eigenvalue weighted by molar-refractivity contribution is 5.86. The Hall–Kier alpha value is -0.860. The Balaban J connectivity index is 1.95. The number of carbonyl (C=O) groups is 1. The fourth-order valence-electron chi connectivity index (χ4n) is 3.01. The summed E-state index contributed by atoms with van der Waals surface area (Å²) in [5.74, 6) is 2.35. The molecule has 2 rings (SSSR count). The zero-order chi connectivity index (χ0) is 10.1. The lowest BCUT2D eigenvalue weighted by Gasteiger charge is -2.20. The fraction of sp³-hybridized carbons (Fsp3) is 0.818. The first-order chi connectivity index (χ1) is 6.66. The summed E-state index contributed by atoms with van der Waals surface area (Å²) < 4.78 is 0. The molecular weight excluding hydrogens is 176 g/mol. The highest BCUT2D eigenvalue weighted by Gasteiger charge is 2.40. The van der Waals surface area contributed by atoms with E-state index in [0.29, 0.717) is 5.92 Å². The molecule has 0 spiro atoms. The number of fused-ring (bicyclic) bond motifs is 2. The topological polar surface area (TPSA) is 41.5 Å². The third-order valence-corrected chi connectivity index (χ3v) is 3.66. The Kier molecular flexibility index (Phi) is 2.57. The van der Waals surface area contributed by atoms with E-state index in [-0.39, 0.29) is 5.91 Å². The van der Waals surface area contributed by atoms with Crippen LogP contribution in [0.2, 0.25) is 0 Å². The highest BCUT2D eigenvalue weighted by atomic mass is 16.2. The highest BCUT2D eigenvalue weighted by Crippen LogP contribution is 2.48. The molecule has 0 aromatic rings. The van der Waals surface area contributed by atoms with Crippen LogP contribution in [0.4, 0.5) is 0 Å². The Bertz CT molecular complexity index is 272. The molecule has 1 amide bonds. The standard InChI is InChI=1S/C11H18N2O/c1-7(12-13-8(2)14)11-6-9-3-4-10(11)5-9/h9-11H,3-6H2,1-2H3,(H,13,14)/t9-,10-,11-/m0/s1. The summed E-state index contributed by atoms with van der Waals surface area (Å²) in [6.07, 6.45) is 5.45. The normalized spacial score (nSPS) is 36.1. The quantitative estimate of drug-likeness (QED) is 0.529. The van der Waals surface area contributed by atoms with Gasteiger partial charge in [-0.25, -0.2) is 5.43 Å². The number of hydrazone groups is 1. The van der Waals surface area contributed by atoms with Gasteiger partial charge in [0.2, 0.25) is 5.91 Å². The van der Waals surface area contributed by atoms with Crippen molar-refractivity contribution in [1.82, 2.24) is 5.43 Å². The minimum absolute atomic E-state index is 0.0764. The number of nitrogens with one attached hydrogen (secondary N) is 1. The van der Waals surface area contributed by atoms with Crippen molar-refractivity contribution in [2.24, 2.45) is 22.9 Å². The minimum Gasteiger partial charge on any atom is -0.274 e. The van der Waals surface area contributed by atoms with Gasteiger partial charge in [0, 0.05) is 18.6 Å². The molecule has 3 heteroatoms. The van der Waals surface area contributed by atoms with Crippen molar-refractivity contribution in [3.05, 3.63) is 0 Å². The van der Waals surface area contributed by atoms with Crippen molar-refractivity contribution in [3.8, 4) is 0 Å². The van der Waals surface area contributed by atoms with Gasteiger partial charge < -0.3 is 0 Å². The summed E-state index contributed by atoms with van der Waals surface area (Å²) in [5, 5.41) is 4.14. The monoisotopic (exact) mass is 194 g/mol. The Morgan fingerprint density at radius 1 is 1.29 bits per heavy atom. The van der Waals surface area contributed by atoms with E-state index in [1.54, 1.807) is 0 Å². The van der Waals surface area contributed by atoms with E-state index in [1.807, 2.05) is 6.92 Å². The Morgan fingerprint density at radius 3 is 2.57 bits per heavy atom. The number of amides is 1. The fourth-order valence-corrected chi connectivity index (χ4v) is 3.01. The van der Waals surface area contributed by atoms with Crippen molar-refractivity contribution in [3.63, 3.8) is 0 Å². The first-order valence-electron chi connectivity index (χ1n) is 5.47. The van der Waals surface area contributed by atoms with Crippen molar-refractivity contribution < 1.29 is 4.79 Å². The van der Waals surface area contributed by atoms with E-state index in [4.69, 9.17) is 0 Å². The minimum atomic E-state index is -0.0764. The van der Waals surface area contributed by atoms with Crippen LogP contribution in [0.3, 0.4) is 0 Å². The van der Waals surface area contributed by atoms with Crippen LogP contribution in [0, 0.1) is 17.8 Å². The summed E-state index contributed by atoms with van der Waals surface area (Å²) >= 11 is 0. The molecule has 0 aliphatic heterocycles. The molecule has 2 aliphatic carbocycles. The average molecular weight is 194 g/mol. The number of hydrogen-bond acceptors (Lipinski definition) is 2. The maximum atomic E-state index is 10.7. The van der Waals surface area contributed by atoms with Crippen LogP contribution in [-0.4, -0.2) is 11.6 Å². The predicted octanol–water partition coefficient (Wildman–Crippen LogP) is 1.93. The van der Waals surface area contributed by atoms with Crippen molar-refractivity contribution in [2.75, 3.05) is 0 Å². The molecule has 1 N–H and O–H groups in total. The third kappa shape index (κ3) is 1.81. The van der Waals surface area contributed by atoms with Crippen LogP contribution in [0.5, 0.6) is 0 Å². The summed E-state index contributed by atoms with van der Waals surface area (Å²) in [6.45, 7) is 3.54. The Morgan fingerprint density at radius 2 is 2.07 bits per heavy atom. The van der Waals surface area contributed by atoms with Gasteiger partial charge in [0.1, 0.15) is 0 Å². The lowest BCUT2D eigenvalue weighted by atomic mass is 9.86. The van der Waals surface area contributed by atoms with Gasteiger partial charge in [-0.2, -0.15) is 5.10 Å². The Labute approximate surface area is 85.0 Å². The van der Waals surface area contributed by atoms with Gasteiger partial charge in [-0.05, 0) is 38.0 Å². The second-order valence-electron chi connectivity index (χ2n) is 4.70. The molecule has 3 nitrogen and oxygen atoms in total. The number of carbonyl (C=O) groups excluding carboxylic acids is 1. The second kappa shape index (κ2) is 3.71. The molecule has 78 valence electrons. The summed E-state index contributed by atoms with van der Waals surface area (Å²) in [7, 11) is 0. The van der Waals surface area contributed by atoms with Crippen LogP contribution >= 0.6 is 0 Å². The van der Waals surface area contributed by atoms with Crippen molar-refractivity contribution in [1.29, 1.82) is 0 Å². The smallest absolute Gasteiger partial charge is 0.236 e. The molecule has 0 aromatic heterocycles. The van der Waals surface area contributed by atoms with E-state index in [9.17, 15) is 4.79 Å². The summed E-state index contributed by atoms with van der Waals surface area (Å²) in [6, 6.07) is 0. The van der Waals surface area contributed by atoms with E-state index < -0.39 is 0 Å². The molecule has 2 fully saturated rings. The maximum Gasteiger partial charge on any atom is 0.236 e. The van der Waals surface area contributed by atoms with Gasteiger partial charge in [-0.15, -0.1) is 0 Å². The van der Waals surface area contributed by atoms with E-state index in [0.717, 1.165) is 17.5 Å². The average Bonchev–Trinajstić information content (AvgIpc) is 2.74. The molecule has 0 heterocycles. The summed E-state index contributed by atoms with van der Waals surface area (Å²) in [4.78, 5) is 10.7. The molecule has 14 heavy (non-hydrogen) atoms. The van der Waals surface area contributed by atoms with Crippen LogP contribution in [0.25, 0.3) is 0 Å². The zero-order valence-corrected chi connectivity index (χ0v) is 8.92. The van der Waals surface area contributed by atoms with E-state index in [1.165, 1.54) is 32.6 Å². The van der Waals surface area contributed by atoms with E-state index in [2.05, 4.69) is 10.5 Å². The molecule has 0 aromatic carbocycles. The third-order valence-electron chi connectivity index (χ3n) is 3.66. The molecule has 2 bridgehead atoms. The van der Waals surface area contributed by atoms with Gasteiger partial charge >= 0.3 is 0 Å². The zero-order valence-electron chi connectivity index (χ0n) is 8.92. The maximum absolute atomic E-state index is 10.7. The number of rotatable bonds is 2. The lowest BCUT2D eigenvalue weighted by molar-refractivity contribution is -0.118. The van der Waals surface area contributed by atoms with Gasteiger partial charge in [0.05, 0.1) is 0 Å².